The van der Waals surface area contributed by atoms with E-state index < -0.39 is 12.5 Å². The molecule has 1 aliphatic carbocycles. The number of amides is 1. The van der Waals surface area contributed by atoms with Crippen LogP contribution in [-0.4, -0.2) is 55.4 Å². The van der Waals surface area contributed by atoms with Gasteiger partial charge in [-0.1, -0.05) is 0 Å². The molecule has 5 rings (SSSR count). The minimum Gasteiger partial charge on any atom is -0.496 e. The Kier molecular flexibility index (Phi) is 5.53. The second-order valence-electron chi connectivity index (χ2n) is 8.08. The summed E-state index contributed by atoms with van der Waals surface area (Å²) in [5, 5.41) is 2.80. The number of fused-ring (bicyclic) bond motifs is 1. The zero-order valence-corrected chi connectivity index (χ0v) is 18.1. The van der Waals surface area contributed by atoms with Crippen LogP contribution < -0.4 is 19.5 Å². The molecule has 2 aliphatic rings. The molecule has 1 amide bonds. The van der Waals surface area contributed by atoms with Gasteiger partial charge >= 0.3 is 6.61 Å². The number of benzene rings is 1. The van der Waals surface area contributed by atoms with Gasteiger partial charge in [-0.3, -0.25) is 9.20 Å². The third-order valence-corrected chi connectivity index (χ3v) is 5.88. The van der Waals surface area contributed by atoms with Crippen molar-refractivity contribution in [2.45, 2.75) is 31.4 Å². The number of nitrogens with one attached hydrogen (secondary N) is 1. The van der Waals surface area contributed by atoms with Crippen molar-refractivity contribution in [1.82, 2.24) is 14.7 Å². The molecule has 8 nitrogen and oxygen atoms in total. The van der Waals surface area contributed by atoms with E-state index in [9.17, 15) is 13.6 Å². The van der Waals surface area contributed by atoms with Crippen molar-refractivity contribution in [3.05, 3.63) is 41.7 Å². The molecule has 1 aromatic carbocycles. The monoisotopic (exact) mass is 459 g/mol. The minimum absolute atomic E-state index is 0.0442. The van der Waals surface area contributed by atoms with E-state index in [0.717, 1.165) is 18.4 Å². The molecule has 2 aromatic heterocycles. The number of methoxy groups -OCH3 is 2. The van der Waals surface area contributed by atoms with Gasteiger partial charge in [0.1, 0.15) is 28.5 Å². The highest BCUT2D eigenvalue weighted by molar-refractivity contribution is 6.01. The molecule has 0 unspecified atom stereocenters. The average Bonchev–Trinajstić information content (AvgIpc) is 3.47. The molecule has 1 N–H and O–H groups in total. The zero-order chi connectivity index (χ0) is 23.1. The Morgan fingerprint density at radius 2 is 1.88 bits per heavy atom. The molecule has 2 fully saturated rings. The second kappa shape index (κ2) is 8.51. The van der Waals surface area contributed by atoms with Gasteiger partial charge in [-0.2, -0.15) is 8.78 Å². The summed E-state index contributed by atoms with van der Waals surface area (Å²) >= 11 is 0. The number of carbonyl (C=O) groups is 1. The fourth-order valence-electron chi connectivity index (χ4n) is 3.93. The fraction of sp³-hybridized carbons (Fsp3) is 0.391. The fourth-order valence-corrected chi connectivity index (χ4v) is 3.93. The van der Waals surface area contributed by atoms with Crippen LogP contribution in [0.2, 0.25) is 0 Å². The van der Waals surface area contributed by atoms with Crippen LogP contribution in [0.4, 0.5) is 8.78 Å². The molecule has 1 saturated heterocycles. The lowest BCUT2D eigenvalue weighted by Gasteiger charge is -2.27. The maximum absolute atomic E-state index is 13.2. The van der Waals surface area contributed by atoms with Crippen molar-refractivity contribution in [3.8, 4) is 28.5 Å². The maximum atomic E-state index is 13.2. The van der Waals surface area contributed by atoms with E-state index in [1.54, 1.807) is 30.0 Å². The molecule has 1 saturated carbocycles. The number of carbonyl (C=O) groups excluding carboxylic acids is 1. The number of hydrogen-bond donors (Lipinski definition) is 1. The molecule has 10 heteroatoms. The molecule has 3 heterocycles. The smallest absolute Gasteiger partial charge is 0.387 e. The van der Waals surface area contributed by atoms with E-state index in [4.69, 9.17) is 18.9 Å². The Morgan fingerprint density at radius 3 is 2.48 bits per heavy atom. The molecule has 0 radical (unpaired) electrons. The number of ether oxygens (including phenoxy) is 4. The van der Waals surface area contributed by atoms with Gasteiger partial charge in [0.15, 0.2) is 0 Å². The number of aromatic nitrogens is 2. The highest BCUT2D eigenvalue weighted by Gasteiger charge is 2.29. The summed E-state index contributed by atoms with van der Waals surface area (Å²) in [5.41, 5.74) is 2.71. The first-order chi connectivity index (χ1) is 16.0. The van der Waals surface area contributed by atoms with Crippen LogP contribution in [0.25, 0.3) is 16.9 Å². The molecule has 0 spiro atoms. The van der Waals surface area contributed by atoms with Gasteiger partial charge in [0.2, 0.25) is 0 Å². The summed E-state index contributed by atoms with van der Waals surface area (Å²) < 4.78 is 49.3. The van der Waals surface area contributed by atoms with Crippen LogP contribution in [0.5, 0.6) is 17.2 Å². The van der Waals surface area contributed by atoms with Crippen LogP contribution in [0.15, 0.2) is 30.6 Å². The van der Waals surface area contributed by atoms with Gasteiger partial charge in [0, 0.05) is 23.1 Å². The van der Waals surface area contributed by atoms with Gasteiger partial charge in [-0.15, -0.1) is 0 Å². The molecule has 0 bridgehead atoms. The number of imidazole rings is 1. The summed E-state index contributed by atoms with van der Waals surface area (Å²) in [5.74, 6) is 0.268. The Balaban J connectivity index is 1.61. The molecule has 3 aromatic rings. The number of nitrogens with zero attached hydrogens (tertiary/aromatic N) is 2. The summed E-state index contributed by atoms with van der Waals surface area (Å²) in [6, 6.07) is 4.99. The van der Waals surface area contributed by atoms with E-state index in [2.05, 4.69) is 10.3 Å². The summed E-state index contributed by atoms with van der Waals surface area (Å²) in [4.78, 5) is 17.2. The molecule has 33 heavy (non-hydrogen) atoms. The van der Waals surface area contributed by atoms with Crippen molar-refractivity contribution >= 4 is 11.6 Å². The van der Waals surface area contributed by atoms with Crippen LogP contribution in [0.3, 0.4) is 0 Å². The quantitative estimate of drug-likeness (QED) is 0.554. The van der Waals surface area contributed by atoms with Gasteiger partial charge in [-0.05, 0) is 31.0 Å². The van der Waals surface area contributed by atoms with Gasteiger partial charge in [0.05, 0.1) is 45.5 Å². The van der Waals surface area contributed by atoms with Gasteiger partial charge in [-0.25, -0.2) is 4.98 Å². The summed E-state index contributed by atoms with van der Waals surface area (Å²) in [6.07, 6.45) is 5.14. The van der Waals surface area contributed by atoms with Crippen molar-refractivity contribution < 1.29 is 32.5 Å². The Morgan fingerprint density at radius 1 is 1.15 bits per heavy atom. The molecular weight excluding hydrogens is 436 g/mol. The number of halogens is 2. The van der Waals surface area contributed by atoms with E-state index in [1.165, 1.54) is 13.2 Å². The number of hydrogen-bond acceptors (Lipinski definition) is 6. The van der Waals surface area contributed by atoms with E-state index in [0.29, 0.717) is 35.9 Å². The van der Waals surface area contributed by atoms with Gasteiger partial charge in [0.25, 0.3) is 5.91 Å². The first kappa shape index (κ1) is 21.4. The van der Waals surface area contributed by atoms with E-state index in [-0.39, 0.29) is 29.0 Å². The van der Waals surface area contributed by atoms with E-state index >= 15 is 0 Å². The van der Waals surface area contributed by atoms with Crippen molar-refractivity contribution in [3.63, 3.8) is 0 Å². The van der Waals surface area contributed by atoms with Gasteiger partial charge < -0.3 is 24.3 Å². The van der Waals surface area contributed by atoms with Crippen LogP contribution in [0, 0.1) is 0 Å². The summed E-state index contributed by atoms with van der Waals surface area (Å²) in [6.45, 7) is -1.86. The average molecular weight is 459 g/mol. The van der Waals surface area contributed by atoms with Crippen LogP contribution in [-0.2, 0) is 4.74 Å². The predicted octanol–water partition coefficient (Wildman–Crippen LogP) is 3.63. The minimum atomic E-state index is -3.10. The molecule has 0 atom stereocenters. The van der Waals surface area contributed by atoms with Crippen molar-refractivity contribution in [2.24, 2.45) is 0 Å². The topological polar surface area (TPSA) is 83.3 Å². The standard InChI is InChI=1S/C23H23F2N3O5/c1-30-17-5-12(6-18(33-23(24)25)21(17)22(29)27-14-3-4-14)16-8-26-20-7-15(13-10-32-11-13)19(31-2)9-28(16)20/h5-9,13-14,23H,3-4,10-11H2,1-2H3,(H,27,29). The Labute approximate surface area is 188 Å². The first-order valence-corrected chi connectivity index (χ1v) is 10.6. The van der Waals surface area contributed by atoms with Crippen molar-refractivity contribution in [2.75, 3.05) is 27.4 Å². The molecule has 174 valence electrons. The lowest BCUT2D eigenvalue weighted by molar-refractivity contribution is -0.0502. The molecular formula is C23H23F2N3O5. The Bertz CT molecular complexity index is 1200. The van der Waals surface area contributed by atoms with Crippen LogP contribution >= 0.6 is 0 Å². The van der Waals surface area contributed by atoms with Crippen LogP contribution in [0.1, 0.15) is 34.7 Å². The second-order valence-corrected chi connectivity index (χ2v) is 8.08. The van der Waals surface area contributed by atoms with E-state index in [1.807, 2.05) is 6.07 Å². The summed E-state index contributed by atoms with van der Waals surface area (Å²) in [7, 11) is 2.97. The van der Waals surface area contributed by atoms with Crippen molar-refractivity contribution in [1.29, 1.82) is 0 Å². The number of alkyl halides is 2. The lowest BCUT2D eigenvalue weighted by atomic mass is 9.97. The predicted molar refractivity (Wildman–Crippen MR) is 114 cm³/mol. The zero-order valence-electron chi connectivity index (χ0n) is 18.1. The largest absolute Gasteiger partial charge is 0.496 e. The molecule has 1 aliphatic heterocycles. The number of rotatable bonds is 8. The normalized spacial score (nSPS) is 16.0. The highest BCUT2D eigenvalue weighted by atomic mass is 19.3. The third-order valence-electron chi connectivity index (χ3n) is 5.88. The SMILES string of the molecule is COc1cn2c(-c3cc(OC)c(C(=O)NC4CC4)c(OC(F)F)c3)cnc2cc1C1COC1. The third kappa shape index (κ3) is 4.06. The highest BCUT2D eigenvalue weighted by Crippen LogP contribution is 2.38. The first-order valence-electron chi connectivity index (χ1n) is 10.6. The maximum Gasteiger partial charge on any atom is 0.387 e. The lowest BCUT2D eigenvalue weighted by Crippen LogP contribution is -2.26. The Hall–Kier alpha value is -3.40. The number of pyridine rings is 1.